The largest absolute Gasteiger partial charge is 0.396 e. The molecule has 0 unspecified atom stereocenters. The first kappa shape index (κ1) is 14.3. The quantitative estimate of drug-likeness (QED) is 0.804. The lowest BCUT2D eigenvalue weighted by atomic mass is 9.75. The van der Waals surface area contributed by atoms with E-state index in [9.17, 15) is 13.5 Å². The Balaban J connectivity index is 1.92. The summed E-state index contributed by atoms with van der Waals surface area (Å²) in [6.07, 6.45) is 8.93. The van der Waals surface area contributed by atoms with E-state index in [1.54, 1.807) is 0 Å². The molecule has 0 aromatic rings. The smallest absolute Gasteiger partial charge is 0.214 e. The summed E-state index contributed by atoms with van der Waals surface area (Å²) >= 11 is 0. The average Bonchev–Trinajstić information content (AvgIpc) is 2.92. The standard InChI is InChI=1S/C13H25NO3S/c15-11-13(8-4-1-5-9-13)10-14-18(16,17)12-6-2-3-7-12/h12,14-15H,1-11H2. The molecular formula is C13H25NO3S. The van der Waals surface area contributed by atoms with E-state index in [1.807, 2.05) is 0 Å². The number of hydrogen-bond donors (Lipinski definition) is 2. The van der Waals surface area contributed by atoms with Crippen LogP contribution in [0.1, 0.15) is 57.8 Å². The fraction of sp³-hybridized carbons (Fsp3) is 1.00. The first-order chi connectivity index (χ1) is 8.58. The Morgan fingerprint density at radius 1 is 1.06 bits per heavy atom. The topological polar surface area (TPSA) is 66.4 Å². The summed E-state index contributed by atoms with van der Waals surface area (Å²) in [6.45, 7) is 0.516. The fourth-order valence-corrected chi connectivity index (χ4v) is 4.96. The van der Waals surface area contributed by atoms with Crippen LogP contribution in [-0.2, 0) is 10.0 Å². The second-order valence-electron chi connectivity index (χ2n) is 5.99. The summed E-state index contributed by atoms with van der Waals surface area (Å²) in [4.78, 5) is 0. The number of aliphatic hydroxyl groups excluding tert-OH is 1. The predicted molar refractivity (Wildman–Crippen MR) is 71.8 cm³/mol. The third-order valence-corrected chi connectivity index (χ3v) is 6.53. The second-order valence-corrected chi connectivity index (χ2v) is 8.04. The molecule has 4 nitrogen and oxygen atoms in total. The molecule has 0 saturated heterocycles. The highest BCUT2D eigenvalue weighted by Crippen LogP contribution is 2.35. The highest BCUT2D eigenvalue weighted by Gasteiger charge is 2.35. The maximum absolute atomic E-state index is 12.1. The van der Waals surface area contributed by atoms with Gasteiger partial charge in [0.25, 0.3) is 0 Å². The van der Waals surface area contributed by atoms with Gasteiger partial charge in [0.05, 0.1) is 5.25 Å². The van der Waals surface area contributed by atoms with E-state index in [2.05, 4.69) is 4.72 Å². The predicted octanol–water partition coefficient (Wildman–Crippen LogP) is 1.79. The van der Waals surface area contributed by atoms with Gasteiger partial charge in [0.1, 0.15) is 0 Å². The minimum absolute atomic E-state index is 0.0974. The van der Waals surface area contributed by atoms with Crippen LogP contribution in [-0.4, -0.2) is 31.9 Å². The summed E-state index contributed by atoms with van der Waals surface area (Å²) in [6, 6.07) is 0. The Hall–Kier alpha value is -0.130. The Bertz CT molecular complexity index is 354. The van der Waals surface area contributed by atoms with Crippen LogP contribution in [0.2, 0.25) is 0 Å². The molecule has 2 fully saturated rings. The van der Waals surface area contributed by atoms with Crippen molar-refractivity contribution in [2.45, 2.75) is 63.0 Å². The van der Waals surface area contributed by atoms with Gasteiger partial charge in [-0.15, -0.1) is 0 Å². The summed E-state index contributed by atoms with van der Waals surface area (Å²) in [7, 11) is -3.17. The van der Waals surface area contributed by atoms with Crippen LogP contribution >= 0.6 is 0 Å². The van der Waals surface area contributed by atoms with Crippen LogP contribution in [0.4, 0.5) is 0 Å². The molecule has 0 atom stereocenters. The van der Waals surface area contributed by atoms with Gasteiger partial charge >= 0.3 is 0 Å². The molecule has 2 aliphatic carbocycles. The average molecular weight is 275 g/mol. The van der Waals surface area contributed by atoms with Crippen molar-refractivity contribution in [3.8, 4) is 0 Å². The number of rotatable bonds is 5. The maximum atomic E-state index is 12.1. The van der Waals surface area contributed by atoms with Crippen LogP contribution in [0.25, 0.3) is 0 Å². The molecule has 2 N–H and O–H groups in total. The van der Waals surface area contributed by atoms with Crippen molar-refractivity contribution in [2.24, 2.45) is 5.41 Å². The van der Waals surface area contributed by atoms with Gasteiger partial charge in [0, 0.05) is 18.6 Å². The molecule has 0 amide bonds. The molecule has 5 heteroatoms. The highest BCUT2D eigenvalue weighted by atomic mass is 32.2. The van der Waals surface area contributed by atoms with Crippen molar-refractivity contribution < 1.29 is 13.5 Å². The molecule has 2 aliphatic rings. The lowest BCUT2D eigenvalue weighted by Gasteiger charge is -2.35. The lowest BCUT2D eigenvalue weighted by Crippen LogP contribution is -2.43. The molecule has 0 radical (unpaired) electrons. The molecule has 0 heterocycles. The first-order valence-corrected chi connectivity index (χ1v) is 8.72. The molecule has 18 heavy (non-hydrogen) atoms. The van der Waals surface area contributed by atoms with Crippen molar-refractivity contribution >= 4 is 10.0 Å². The molecule has 106 valence electrons. The van der Waals surface area contributed by atoms with Gasteiger partial charge < -0.3 is 5.11 Å². The Morgan fingerprint density at radius 2 is 1.67 bits per heavy atom. The lowest BCUT2D eigenvalue weighted by molar-refractivity contribution is 0.0867. The normalized spacial score (nSPS) is 25.4. The summed E-state index contributed by atoms with van der Waals surface area (Å²) in [5.74, 6) is 0. The van der Waals surface area contributed by atoms with E-state index in [-0.39, 0.29) is 17.3 Å². The summed E-state index contributed by atoms with van der Waals surface area (Å²) < 4.78 is 27.1. The van der Waals surface area contributed by atoms with Gasteiger partial charge in [-0.3, -0.25) is 0 Å². The van der Waals surface area contributed by atoms with Crippen LogP contribution in [0.3, 0.4) is 0 Å². The van der Waals surface area contributed by atoms with Gasteiger partial charge in [-0.2, -0.15) is 0 Å². The maximum Gasteiger partial charge on any atom is 0.214 e. The molecule has 0 bridgehead atoms. The van der Waals surface area contributed by atoms with Gasteiger partial charge in [-0.25, -0.2) is 13.1 Å². The van der Waals surface area contributed by atoms with Crippen molar-refractivity contribution in [3.05, 3.63) is 0 Å². The third-order valence-electron chi connectivity index (χ3n) is 4.64. The zero-order chi connectivity index (χ0) is 13.1. The van der Waals surface area contributed by atoms with Crippen LogP contribution < -0.4 is 4.72 Å². The van der Waals surface area contributed by atoms with Gasteiger partial charge in [-0.05, 0) is 25.7 Å². The molecule has 2 rings (SSSR count). The Kier molecular flexibility index (Phi) is 4.67. The second kappa shape index (κ2) is 5.88. The minimum Gasteiger partial charge on any atom is -0.396 e. The fourth-order valence-electron chi connectivity index (χ4n) is 3.26. The molecule has 2 saturated carbocycles. The van der Waals surface area contributed by atoms with Gasteiger partial charge in [0.2, 0.25) is 10.0 Å². The summed E-state index contributed by atoms with van der Waals surface area (Å²) in [5.41, 5.74) is -0.204. The van der Waals surface area contributed by atoms with Crippen molar-refractivity contribution in [1.29, 1.82) is 0 Å². The number of hydrogen-bond acceptors (Lipinski definition) is 3. The number of aliphatic hydroxyl groups is 1. The van der Waals surface area contributed by atoms with E-state index in [1.165, 1.54) is 6.42 Å². The zero-order valence-corrected chi connectivity index (χ0v) is 11.8. The zero-order valence-electron chi connectivity index (χ0n) is 11.0. The van der Waals surface area contributed by atoms with Crippen LogP contribution in [0, 0.1) is 5.41 Å². The van der Waals surface area contributed by atoms with Crippen molar-refractivity contribution in [2.75, 3.05) is 13.2 Å². The van der Waals surface area contributed by atoms with Gasteiger partial charge in [0.15, 0.2) is 0 Å². The van der Waals surface area contributed by atoms with E-state index in [4.69, 9.17) is 0 Å². The van der Waals surface area contributed by atoms with Gasteiger partial charge in [-0.1, -0.05) is 32.1 Å². The molecule has 0 spiro atoms. The van der Waals surface area contributed by atoms with E-state index < -0.39 is 10.0 Å². The van der Waals surface area contributed by atoms with Crippen molar-refractivity contribution in [3.63, 3.8) is 0 Å². The van der Waals surface area contributed by atoms with E-state index in [0.29, 0.717) is 6.54 Å². The Morgan fingerprint density at radius 3 is 2.22 bits per heavy atom. The highest BCUT2D eigenvalue weighted by molar-refractivity contribution is 7.90. The minimum atomic E-state index is -3.17. The van der Waals surface area contributed by atoms with E-state index in [0.717, 1.165) is 51.4 Å². The van der Waals surface area contributed by atoms with Crippen LogP contribution in [0.15, 0.2) is 0 Å². The number of nitrogens with one attached hydrogen (secondary N) is 1. The molecular weight excluding hydrogens is 250 g/mol. The Labute approximate surface area is 110 Å². The van der Waals surface area contributed by atoms with E-state index >= 15 is 0 Å². The summed E-state index contributed by atoms with van der Waals surface area (Å²) in [5, 5.41) is 9.37. The molecule has 0 aromatic carbocycles. The SMILES string of the molecule is O=S(=O)(NCC1(CO)CCCCC1)C1CCCC1. The number of sulfonamides is 1. The molecule has 0 aliphatic heterocycles. The van der Waals surface area contributed by atoms with Crippen molar-refractivity contribution in [1.82, 2.24) is 4.72 Å². The molecule has 0 aromatic heterocycles. The van der Waals surface area contributed by atoms with Crippen LogP contribution in [0.5, 0.6) is 0 Å². The first-order valence-electron chi connectivity index (χ1n) is 7.17. The monoisotopic (exact) mass is 275 g/mol. The third kappa shape index (κ3) is 3.25.